The van der Waals surface area contributed by atoms with Gasteiger partial charge >= 0.3 is 6.18 Å². The lowest BCUT2D eigenvalue weighted by molar-refractivity contribution is -0.182. The number of benzene rings is 1. The maximum absolute atomic E-state index is 12.7. The molecule has 1 aromatic rings. The molecular formula is C16H20BrF3N2O. The lowest BCUT2D eigenvalue weighted by Gasteiger charge is -2.33. The highest BCUT2D eigenvalue weighted by Crippen LogP contribution is 2.37. The largest absolute Gasteiger partial charge is 0.391 e. The first-order valence-electron chi connectivity index (χ1n) is 7.53. The molecule has 0 radical (unpaired) electrons. The average Bonchev–Trinajstić information content (AvgIpc) is 2.47. The number of hydrogen-bond acceptors (Lipinski definition) is 2. The molecule has 1 aliphatic rings. The molecule has 23 heavy (non-hydrogen) atoms. The van der Waals surface area contributed by atoms with E-state index in [1.54, 1.807) is 31.2 Å². The van der Waals surface area contributed by atoms with Gasteiger partial charge in [0, 0.05) is 10.5 Å². The minimum Gasteiger partial charge on any atom is -0.351 e. The topological polar surface area (TPSA) is 55.1 Å². The fourth-order valence-electron chi connectivity index (χ4n) is 2.83. The second-order valence-electron chi connectivity index (χ2n) is 6.27. The van der Waals surface area contributed by atoms with E-state index in [2.05, 4.69) is 21.2 Å². The molecular weight excluding hydrogens is 373 g/mol. The standard InChI is InChI=1S/C16H20BrF3N2O/c1-15(21,10-2-6-12(17)7-3-10)14(23)22-13-8-4-11(5-9-13)16(18,19)20/h2-3,6-7,11,13H,4-5,8-9,21H2,1H3,(H,22,23). The van der Waals surface area contributed by atoms with Gasteiger partial charge in [-0.3, -0.25) is 4.79 Å². The lowest BCUT2D eigenvalue weighted by atomic mass is 9.84. The summed E-state index contributed by atoms with van der Waals surface area (Å²) >= 11 is 3.32. The van der Waals surface area contributed by atoms with Gasteiger partial charge in [-0.15, -0.1) is 0 Å². The third-order valence-electron chi connectivity index (χ3n) is 4.44. The van der Waals surface area contributed by atoms with Crippen molar-refractivity contribution in [3.05, 3.63) is 34.3 Å². The highest BCUT2D eigenvalue weighted by Gasteiger charge is 2.42. The zero-order valence-electron chi connectivity index (χ0n) is 12.8. The molecule has 0 spiro atoms. The van der Waals surface area contributed by atoms with Crippen LogP contribution in [0.3, 0.4) is 0 Å². The van der Waals surface area contributed by atoms with Gasteiger partial charge in [0.25, 0.3) is 0 Å². The number of carbonyl (C=O) groups is 1. The number of alkyl halides is 3. The van der Waals surface area contributed by atoms with Crippen molar-refractivity contribution >= 4 is 21.8 Å². The highest BCUT2D eigenvalue weighted by molar-refractivity contribution is 9.10. The molecule has 0 bridgehead atoms. The monoisotopic (exact) mass is 392 g/mol. The molecule has 7 heteroatoms. The summed E-state index contributed by atoms with van der Waals surface area (Å²) in [7, 11) is 0. The molecule has 3 N–H and O–H groups in total. The van der Waals surface area contributed by atoms with Crippen LogP contribution in [0.5, 0.6) is 0 Å². The van der Waals surface area contributed by atoms with Crippen molar-refractivity contribution in [2.75, 3.05) is 0 Å². The molecule has 1 saturated carbocycles. The third-order valence-corrected chi connectivity index (χ3v) is 4.97. The second-order valence-corrected chi connectivity index (χ2v) is 7.19. The second kappa shape index (κ2) is 6.81. The molecule has 1 unspecified atom stereocenters. The summed E-state index contributed by atoms with van der Waals surface area (Å²) in [6, 6.07) is 6.85. The van der Waals surface area contributed by atoms with E-state index in [1.165, 1.54) is 0 Å². The van der Waals surface area contributed by atoms with Crippen LogP contribution in [0.1, 0.15) is 38.2 Å². The molecule has 0 aromatic heterocycles. The Hall–Kier alpha value is -1.08. The summed E-state index contributed by atoms with van der Waals surface area (Å²) in [5.41, 5.74) is 5.57. The van der Waals surface area contributed by atoms with Gasteiger partial charge in [0.05, 0.1) is 5.92 Å². The zero-order valence-corrected chi connectivity index (χ0v) is 14.4. The Morgan fingerprint density at radius 2 is 1.70 bits per heavy atom. The molecule has 1 aromatic carbocycles. The van der Waals surface area contributed by atoms with Crippen LogP contribution >= 0.6 is 15.9 Å². The van der Waals surface area contributed by atoms with Crippen LogP contribution in [-0.4, -0.2) is 18.1 Å². The van der Waals surface area contributed by atoms with Crippen LogP contribution in [0, 0.1) is 5.92 Å². The van der Waals surface area contributed by atoms with Crippen LogP contribution in [0.2, 0.25) is 0 Å². The Kier molecular flexibility index (Phi) is 5.41. The van der Waals surface area contributed by atoms with Crippen molar-refractivity contribution in [1.29, 1.82) is 0 Å². The van der Waals surface area contributed by atoms with Crippen LogP contribution < -0.4 is 11.1 Å². The Morgan fingerprint density at radius 3 is 2.17 bits per heavy atom. The van der Waals surface area contributed by atoms with Crippen LogP contribution in [0.15, 0.2) is 28.7 Å². The zero-order chi connectivity index (χ0) is 17.3. The molecule has 0 heterocycles. The van der Waals surface area contributed by atoms with Crippen LogP contribution in [-0.2, 0) is 10.3 Å². The van der Waals surface area contributed by atoms with Crippen molar-refractivity contribution in [2.45, 2.75) is 50.4 Å². The summed E-state index contributed by atoms with van der Waals surface area (Å²) < 4.78 is 38.9. The third kappa shape index (κ3) is 4.47. The number of nitrogens with one attached hydrogen (secondary N) is 1. The van der Waals surface area contributed by atoms with E-state index in [0.717, 1.165) is 4.47 Å². The van der Waals surface area contributed by atoms with Gasteiger partial charge in [0.15, 0.2) is 0 Å². The molecule has 2 rings (SSSR count). The lowest BCUT2D eigenvalue weighted by Crippen LogP contribution is -2.52. The number of carbonyl (C=O) groups excluding carboxylic acids is 1. The number of hydrogen-bond donors (Lipinski definition) is 2. The maximum atomic E-state index is 12.7. The first-order valence-corrected chi connectivity index (χ1v) is 8.32. The summed E-state index contributed by atoms with van der Waals surface area (Å²) in [6.45, 7) is 1.60. The van der Waals surface area contributed by atoms with Gasteiger partial charge in [0.2, 0.25) is 5.91 Å². The van der Waals surface area contributed by atoms with E-state index >= 15 is 0 Å². The fourth-order valence-corrected chi connectivity index (χ4v) is 3.09. The predicted molar refractivity (Wildman–Crippen MR) is 85.6 cm³/mol. The molecule has 128 valence electrons. The number of halogens is 4. The maximum Gasteiger partial charge on any atom is 0.391 e. The quantitative estimate of drug-likeness (QED) is 0.820. The summed E-state index contributed by atoms with van der Waals surface area (Å²) in [5, 5.41) is 2.80. The molecule has 1 amide bonds. The van der Waals surface area contributed by atoms with E-state index in [0.29, 0.717) is 18.4 Å². The molecule has 1 fully saturated rings. The van der Waals surface area contributed by atoms with Gasteiger partial charge in [-0.2, -0.15) is 13.2 Å². The minimum absolute atomic E-state index is 0.0496. The number of nitrogens with two attached hydrogens (primary N) is 1. The minimum atomic E-state index is -4.14. The Morgan fingerprint density at radius 1 is 1.17 bits per heavy atom. The van der Waals surface area contributed by atoms with E-state index in [-0.39, 0.29) is 24.8 Å². The molecule has 1 aliphatic carbocycles. The average molecular weight is 393 g/mol. The number of rotatable bonds is 3. The van der Waals surface area contributed by atoms with Crippen LogP contribution in [0.25, 0.3) is 0 Å². The SMILES string of the molecule is CC(N)(C(=O)NC1CCC(C(F)(F)F)CC1)c1ccc(Br)cc1. The first kappa shape index (κ1) is 18.3. The Bertz CT molecular complexity index is 549. The van der Waals surface area contributed by atoms with Gasteiger partial charge in [-0.05, 0) is 50.3 Å². The Balaban J connectivity index is 1.95. The smallest absolute Gasteiger partial charge is 0.351 e. The van der Waals surface area contributed by atoms with Crippen molar-refractivity contribution in [3.63, 3.8) is 0 Å². The van der Waals surface area contributed by atoms with E-state index in [9.17, 15) is 18.0 Å². The van der Waals surface area contributed by atoms with Gasteiger partial charge in [-0.1, -0.05) is 28.1 Å². The van der Waals surface area contributed by atoms with Gasteiger partial charge in [-0.25, -0.2) is 0 Å². The van der Waals surface area contributed by atoms with Crippen molar-refractivity contribution < 1.29 is 18.0 Å². The molecule has 1 atom stereocenters. The summed E-state index contributed by atoms with van der Waals surface area (Å²) in [4.78, 5) is 12.4. The van der Waals surface area contributed by atoms with Crippen molar-refractivity contribution in [3.8, 4) is 0 Å². The van der Waals surface area contributed by atoms with Crippen LogP contribution in [0.4, 0.5) is 13.2 Å². The normalized spacial score (nSPS) is 24.8. The van der Waals surface area contributed by atoms with E-state index in [1.807, 2.05) is 0 Å². The van der Waals surface area contributed by atoms with Crippen molar-refractivity contribution in [2.24, 2.45) is 11.7 Å². The Labute approximate surface area is 141 Å². The van der Waals surface area contributed by atoms with E-state index in [4.69, 9.17) is 5.73 Å². The summed E-state index contributed by atoms with van der Waals surface area (Å²) in [6.07, 6.45) is -3.39. The molecule has 3 nitrogen and oxygen atoms in total. The van der Waals surface area contributed by atoms with Gasteiger partial charge < -0.3 is 11.1 Å². The highest BCUT2D eigenvalue weighted by atomic mass is 79.9. The molecule has 0 saturated heterocycles. The van der Waals surface area contributed by atoms with Crippen molar-refractivity contribution in [1.82, 2.24) is 5.32 Å². The molecule has 0 aliphatic heterocycles. The first-order chi connectivity index (χ1) is 10.6. The summed E-state index contributed by atoms with van der Waals surface area (Å²) in [5.74, 6) is -1.62. The van der Waals surface area contributed by atoms with Gasteiger partial charge in [0.1, 0.15) is 5.54 Å². The number of amides is 1. The van der Waals surface area contributed by atoms with E-state index < -0.39 is 17.6 Å². The fraction of sp³-hybridized carbons (Fsp3) is 0.562. The predicted octanol–water partition coefficient (Wildman–Crippen LogP) is 3.86.